The molecule has 4 rings (SSSR count). The van der Waals surface area contributed by atoms with E-state index in [4.69, 9.17) is 5.41 Å². The van der Waals surface area contributed by atoms with Gasteiger partial charge in [-0.3, -0.25) is 15.0 Å². The van der Waals surface area contributed by atoms with Crippen molar-refractivity contribution in [3.05, 3.63) is 94.6 Å². The van der Waals surface area contributed by atoms with Gasteiger partial charge in [0.1, 0.15) is 17.5 Å². The SMILES string of the molecule is N=C(c1ccc(C(=O)Nc2ccc(F)cc2C(=O)Nc2ccc(CI)cc2)c(F)c1)N1CCCCC1. The van der Waals surface area contributed by atoms with Gasteiger partial charge in [-0.05, 0) is 67.3 Å². The monoisotopic (exact) mass is 602 g/mol. The van der Waals surface area contributed by atoms with E-state index in [1.807, 2.05) is 17.0 Å². The molecule has 186 valence electrons. The molecule has 0 bridgehead atoms. The minimum absolute atomic E-state index is 0.0484. The second-order valence-electron chi connectivity index (χ2n) is 8.52. The molecule has 0 aromatic heterocycles. The molecule has 1 saturated heterocycles. The zero-order chi connectivity index (χ0) is 25.7. The van der Waals surface area contributed by atoms with Gasteiger partial charge >= 0.3 is 0 Å². The summed E-state index contributed by atoms with van der Waals surface area (Å²) in [7, 11) is 0. The minimum Gasteiger partial charge on any atom is -0.357 e. The van der Waals surface area contributed by atoms with Crippen LogP contribution < -0.4 is 10.6 Å². The molecule has 0 radical (unpaired) electrons. The molecular formula is C27H25F2IN4O2. The normalized spacial score (nSPS) is 13.2. The molecule has 9 heteroatoms. The average molecular weight is 602 g/mol. The molecule has 0 saturated carbocycles. The van der Waals surface area contributed by atoms with Gasteiger partial charge in [-0.2, -0.15) is 0 Å². The number of alkyl halides is 1. The van der Waals surface area contributed by atoms with Crippen LogP contribution in [0.3, 0.4) is 0 Å². The summed E-state index contributed by atoms with van der Waals surface area (Å²) < 4.78 is 29.7. The number of amidine groups is 1. The van der Waals surface area contributed by atoms with Crippen LogP contribution in [0, 0.1) is 17.0 Å². The smallest absolute Gasteiger partial charge is 0.258 e. The van der Waals surface area contributed by atoms with E-state index in [0.717, 1.165) is 54.5 Å². The van der Waals surface area contributed by atoms with Crippen molar-refractivity contribution in [2.75, 3.05) is 23.7 Å². The molecule has 0 unspecified atom stereocenters. The Bertz CT molecular complexity index is 1290. The van der Waals surface area contributed by atoms with Crippen LogP contribution in [0.25, 0.3) is 0 Å². The third kappa shape index (κ3) is 6.07. The summed E-state index contributed by atoms with van der Waals surface area (Å²) in [5.41, 5.74) is 1.72. The number of piperidine rings is 1. The number of nitrogens with one attached hydrogen (secondary N) is 3. The first-order chi connectivity index (χ1) is 17.4. The van der Waals surface area contributed by atoms with Gasteiger partial charge in [-0.1, -0.05) is 40.8 Å². The number of carbonyl (C=O) groups is 2. The fourth-order valence-electron chi connectivity index (χ4n) is 4.03. The Morgan fingerprint density at radius 2 is 1.56 bits per heavy atom. The molecule has 3 aromatic rings. The molecular weight excluding hydrogens is 577 g/mol. The second kappa shape index (κ2) is 11.6. The maximum Gasteiger partial charge on any atom is 0.258 e. The number of anilines is 2. The number of hydrogen-bond acceptors (Lipinski definition) is 3. The molecule has 3 N–H and O–H groups in total. The van der Waals surface area contributed by atoms with Gasteiger partial charge in [0.25, 0.3) is 11.8 Å². The van der Waals surface area contributed by atoms with Crippen molar-refractivity contribution in [3.63, 3.8) is 0 Å². The Balaban J connectivity index is 1.51. The highest BCUT2D eigenvalue weighted by atomic mass is 127. The predicted octanol–water partition coefficient (Wildman–Crippen LogP) is 6.22. The maximum absolute atomic E-state index is 14.9. The van der Waals surface area contributed by atoms with Crippen molar-refractivity contribution < 1.29 is 18.4 Å². The van der Waals surface area contributed by atoms with Gasteiger partial charge in [0, 0.05) is 28.8 Å². The Kier molecular flexibility index (Phi) is 8.29. The van der Waals surface area contributed by atoms with Crippen LogP contribution in [0.4, 0.5) is 20.2 Å². The summed E-state index contributed by atoms with van der Waals surface area (Å²) in [4.78, 5) is 27.6. The van der Waals surface area contributed by atoms with E-state index in [1.54, 1.807) is 12.1 Å². The van der Waals surface area contributed by atoms with E-state index in [1.165, 1.54) is 24.3 Å². The van der Waals surface area contributed by atoms with Crippen molar-refractivity contribution in [1.29, 1.82) is 5.41 Å². The molecule has 1 aliphatic rings. The number of halogens is 3. The van der Waals surface area contributed by atoms with Gasteiger partial charge in [0.2, 0.25) is 0 Å². The summed E-state index contributed by atoms with van der Waals surface area (Å²) in [5, 5.41) is 13.6. The molecule has 0 spiro atoms. The number of carbonyl (C=O) groups excluding carboxylic acids is 2. The summed E-state index contributed by atoms with van der Waals surface area (Å²) >= 11 is 2.23. The Hall–Kier alpha value is -3.34. The Morgan fingerprint density at radius 3 is 2.22 bits per heavy atom. The quantitative estimate of drug-likeness (QED) is 0.136. The lowest BCUT2D eigenvalue weighted by molar-refractivity contribution is 0.102. The number of benzene rings is 3. The minimum atomic E-state index is -0.782. The summed E-state index contributed by atoms with van der Waals surface area (Å²) in [6, 6.07) is 14.6. The van der Waals surface area contributed by atoms with Crippen LogP contribution in [-0.2, 0) is 4.43 Å². The highest BCUT2D eigenvalue weighted by molar-refractivity contribution is 14.1. The van der Waals surface area contributed by atoms with Crippen LogP contribution >= 0.6 is 22.6 Å². The summed E-state index contributed by atoms with van der Waals surface area (Å²) in [5.74, 6) is -2.60. The lowest BCUT2D eigenvalue weighted by Gasteiger charge is -2.29. The van der Waals surface area contributed by atoms with Crippen molar-refractivity contribution in [2.45, 2.75) is 23.7 Å². The molecule has 1 fully saturated rings. The van der Waals surface area contributed by atoms with E-state index < -0.39 is 23.4 Å². The first-order valence-electron chi connectivity index (χ1n) is 11.6. The predicted molar refractivity (Wildman–Crippen MR) is 145 cm³/mol. The molecule has 1 heterocycles. The van der Waals surface area contributed by atoms with E-state index >= 15 is 0 Å². The third-order valence-corrected chi connectivity index (χ3v) is 6.88. The number of hydrogen-bond donors (Lipinski definition) is 3. The van der Waals surface area contributed by atoms with Crippen LogP contribution in [0.2, 0.25) is 0 Å². The molecule has 36 heavy (non-hydrogen) atoms. The third-order valence-electron chi connectivity index (χ3n) is 6.00. The van der Waals surface area contributed by atoms with Crippen molar-refractivity contribution in [3.8, 4) is 0 Å². The number of rotatable bonds is 6. The van der Waals surface area contributed by atoms with E-state index in [9.17, 15) is 18.4 Å². The van der Waals surface area contributed by atoms with Crippen molar-refractivity contribution in [1.82, 2.24) is 4.90 Å². The summed E-state index contributed by atoms with van der Waals surface area (Å²) in [6.07, 6.45) is 3.09. The van der Waals surface area contributed by atoms with E-state index in [2.05, 4.69) is 33.2 Å². The van der Waals surface area contributed by atoms with Gasteiger partial charge in [-0.15, -0.1) is 0 Å². The van der Waals surface area contributed by atoms with Gasteiger partial charge in [-0.25, -0.2) is 8.78 Å². The fraction of sp³-hybridized carbons (Fsp3) is 0.222. The largest absolute Gasteiger partial charge is 0.357 e. The molecule has 3 aromatic carbocycles. The Labute approximate surface area is 221 Å². The zero-order valence-corrected chi connectivity index (χ0v) is 21.6. The van der Waals surface area contributed by atoms with Gasteiger partial charge in [0.15, 0.2) is 0 Å². The van der Waals surface area contributed by atoms with Gasteiger partial charge in [0.05, 0.1) is 16.8 Å². The average Bonchev–Trinajstić information content (AvgIpc) is 2.90. The maximum atomic E-state index is 14.9. The molecule has 6 nitrogen and oxygen atoms in total. The highest BCUT2D eigenvalue weighted by Crippen LogP contribution is 2.22. The van der Waals surface area contributed by atoms with Crippen LogP contribution in [0.15, 0.2) is 60.7 Å². The standard InChI is InChI=1S/C27H25F2IN4O2/c28-19-7-11-24(22(15-19)27(36)32-20-8-4-17(16-30)5-9-20)33-26(35)21-10-6-18(14-23(21)29)25(31)34-12-2-1-3-13-34/h4-11,14-15,31H,1-3,12-13,16H2,(H,32,36)(H,33,35). The zero-order valence-electron chi connectivity index (χ0n) is 19.4. The van der Waals surface area contributed by atoms with Crippen LogP contribution in [0.5, 0.6) is 0 Å². The van der Waals surface area contributed by atoms with Crippen LogP contribution in [0.1, 0.15) is 51.1 Å². The lowest BCUT2D eigenvalue weighted by Crippen LogP contribution is -2.35. The van der Waals surface area contributed by atoms with Crippen molar-refractivity contribution >= 4 is 51.6 Å². The molecule has 1 aliphatic heterocycles. The Morgan fingerprint density at radius 1 is 0.861 bits per heavy atom. The number of amides is 2. The molecule has 0 aliphatic carbocycles. The van der Waals surface area contributed by atoms with E-state index in [-0.39, 0.29) is 22.6 Å². The highest BCUT2D eigenvalue weighted by Gasteiger charge is 2.20. The lowest BCUT2D eigenvalue weighted by atomic mass is 10.1. The summed E-state index contributed by atoms with van der Waals surface area (Å²) in [6.45, 7) is 1.50. The molecule has 0 atom stereocenters. The van der Waals surface area contributed by atoms with Crippen molar-refractivity contribution in [2.24, 2.45) is 0 Å². The first-order valence-corrected chi connectivity index (χ1v) is 13.1. The van der Waals surface area contributed by atoms with E-state index in [0.29, 0.717) is 11.3 Å². The topological polar surface area (TPSA) is 85.3 Å². The van der Waals surface area contributed by atoms with Gasteiger partial charge < -0.3 is 15.5 Å². The molecule has 2 amide bonds. The first kappa shape index (κ1) is 25.7. The van der Waals surface area contributed by atoms with Crippen LogP contribution in [-0.4, -0.2) is 35.6 Å². The number of likely N-dealkylation sites (tertiary alicyclic amines) is 1. The number of nitrogens with zero attached hydrogens (tertiary/aromatic N) is 1. The fourth-order valence-corrected chi connectivity index (χ4v) is 4.53. The second-order valence-corrected chi connectivity index (χ2v) is 9.28.